The predicted molar refractivity (Wildman–Crippen MR) is 101 cm³/mol. The first-order chi connectivity index (χ1) is 13.0. The number of nitrogens with zero attached hydrogens (tertiary/aromatic N) is 2. The van der Waals surface area contributed by atoms with Gasteiger partial charge in [0.25, 0.3) is 0 Å². The first kappa shape index (κ1) is 21.7. The number of nitrogens with one attached hydrogen (secondary N) is 1. The smallest absolute Gasteiger partial charge is 0.336 e. The zero-order chi connectivity index (χ0) is 21.2. The minimum absolute atomic E-state index is 0.165. The van der Waals surface area contributed by atoms with E-state index in [1.165, 1.54) is 24.9 Å². The van der Waals surface area contributed by atoms with Gasteiger partial charge < -0.3 is 19.4 Å². The molecule has 2 rings (SSSR count). The summed E-state index contributed by atoms with van der Waals surface area (Å²) in [7, 11) is -0.838. The number of hydrogen-bond acceptors (Lipinski definition) is 8. The molecule has 1 aliphatic rings. The zero-order valence-electron chi connectivity index (χ0n) is 16.8. The Bertz CT molecular complexity index is 971. The molecule has 1 aliphatic heterocycles. The summed E-state index contributed by atoms with van der Waals surface area (Å²) in [5, 5.41) is 2.85. The van der Waals surface area contributed by atoms with Crippen LogP contribution in [0.1, 0.15) is 38.8 Å². The summed E-state index contributed by atoms with van der Waals surface area (Å²) in [5.74, 6) is -2.11. The topological polar surface area (TPSA) is 117 Å². The minimum atomic E-state index is -3.60. The Kier molecular flexibility index (Phi) is 6.33. The van der Waals surface area contributed by atoms with Crippen LogP contribution in [0.3, 0.4) is 0 Å². The summed E-state index contributed by atoms with van der Waals surface area (Å²) in [5.41, 5.74) is 1.79. The fourth-order valence-corrected chi connectivity index (χ4v) is 4.08. The number of allylic oxidation sites excluding steroid dienone is 2. The molecule has 1 N–H and O–H groups in total. The van der Waals surface area contributed by atoms with Gasteiger partial charge in [-0.2, -0.15) is 0 Å². The summed E-state index contributed by atoms with van der Waals surface area (Å²) in [6.07, 6.45) is 3.03. The number of carbonyl (C=O) groups excluding carboxylic acids is 2. The van der Waals surface area contributed by atoms with Crippen molar-refractivity contribution in [3.05, 3.63) is 34.4 Å². The lowest BCUT2D eigenvalue weighted by molar-refractivity contribution is -0.139. The molecule has 0 saturated heterocycles. The Labute approximate surface area is 164 Å². The molecule has 1 aromatic rings. The molecule has 0 spiro atoms. The van der Waals surface area contributed by atoms with Crippen LogP contribution in [0.25, 0.3) is 0 Å². The van der Waals surface area contributed by atoms with E-state index in [0.29, 0.717) is 23.5 Å². The molecule has 2 heterocycles. The summed E-state index contributed by atoms with van der Waals surface area (Å²) < 4.78 is 35.6. The Morgan fingerprint density at radius 2 is 1.79 bits per heavy atom. The van der Waals surface area contributed by atoms with E-state index < -0.39 is 27.7 Å². The average Bonchev–Trinajstić information content (AvgIpc) is 2.99. The maximum Gasteiger partial charge on any atom is 0.336 e. The van der Waals surface area contributed by atoms with Crippen molar-refractivity contribution < 1.29 is 27.5 Å². The van der Waals surface area contributed by atoms with E-state index in [1.807, 2.05) is 6.92 Å². The van der Waals surface area contributed by atoms with Crippen molar-refractivity contribution in [1.82, 2.24) is 14.9 Å². The standard InChI is InChI=1S/C18H25N3O6S/c1-7-8-27-17(23)14-11(3)20-10(2)13(16(22)26-5)15(14)12-9-19-18(21(12)4)28(6,24)25/h9,15,20H,7-8H2,1-6H3. The number of aromatic nitrogens is 2. The Morgan fingerprint density at radius 3 is 2.25 bits per heavy atom. The van der Waals surface area contributed by atoms with Crippen LogP contribution in [0, 0.1) is 0 Å². The van der Waals surface area contributed by atoms with Crippen molar-refractivity contribution in [2.24, 2.45) is 7.05 Å². The van der Waals surface area contributed by atoms with E-state index in [9.17, 15) is 18.0 Å². The van der Waals surface area contributed by atoms with Gasteiger partial charge in [0.15, 0.2) is 0 Å². The molecule has 0 fully saturated rings. The molecule has 154 valence electrons. The number of imidazole rings is 1. The SMILES string of the molecule is CCCOC(=O)C1=C(C)NC(C)=C(C(=O)OC)C1c1cnc(S(C)(=O)=O)n1C. The molecule has 0 radical (unpaired) electrons. The fourth-order valence-electron chi connectivity index (χ4n) is 3.23. The van der Waals surface area contributed by atoms with Gasteiger partial charge in [0.05, 0.1) is 42.7 Å². The second kappa shape index (κ2) is 8.17. The van der Waals surface area contributed by atoms with Crippen LogP contribution in [-0.2, 0) is 35.9 Å². The molecule has 0 aliphatic carbocycles. The third kappa shape index (κ3) is 3.96. The number of methoxy groups -OCH3 is 1. The number of ether oxygens (including phenoxy) is 2. The van der Waals surface area contributed by atoms with Crippen LogP contribution in [0.5, 0.6) is 0 Å². The van der Waals surface area contributed by atoms with Gasteiger partial charge in [0, 0.05) is 24.7 Å². The van der Waals surface area contributed by atoms with Crippen LogP contribution >= 0.6 is 0 Å². The monoisotopic (exact) mass is 411 g/mol. The highest BCUT2D eigenvalue weighted by atomic mass is 32.2. The minimum Gasteiger partial charge on any atom is -0.466 e. The first-order valence-electron chi connectivity index (χ1n) is 8.70. The maximum absolute atomic E-state index is 12.8. The molecule has 1 unspecified atom stereocenters. The van der Waals surface area contributed by atoms with Crippen molar-refractivity contribution >= 4 is 21.8 Å². The summed E-state index contributed by atoms with van der Waals surface area (Å²) in [6.45, 7) is 5.47. The van der Waals surface area contributed by atoms with Crippen molar-refractivity contribution in [2.75, 3.05) is 20.0 Å². The molecule has 28 heavy (non-hydrogen) atoms. The third-order valence-electron chi connectivity index (χ3n) is 4.43. The molecule has 0 bridgehead atoms. The summed E-state index contributed by atoms with van der Waals surface area (Å²) in [6, 6.07) is 0. The number of dihydropyridines is 1. The molecular weight excluding hydrogens is 386 g/mol. The molecule has 10 heteroatoms. The van der Waals surface area contributed by atoms with Crippen LogP contribution in [0.4, 0.5) is 0 Å². The molecule has 9 nitrogen and oxygen atoms in total. The van der Waals surface area contributed by atoms with Crippen LogP contribution < -0.4 is 5.32 Å². The van der Waals surface area contributed by atoms with Crippen LogP contribution in [0.15, 0.2) is 33.9 Å². The van der Waals surface area contributed by atoms with Gasteiger partial charge in [-0.05, 0) is 20.3 Å². The van der Waals surface area contributed by atoms with E-state index in [-0.39, 0.29) is 22.9 Å². The quantitative estimate of drug-likeness (QED) is 0.694. The van der Waals surface area contributed by atoms with E-state index >= 15 is 0 Å². The van der Waals surface area contributed by atoms with Crippen molar-refractivity contribution in [1.29, 1.82) is 0 Å². The maximum atomic E-state index is 12.8. The largest absolute Gasteiger partial charge is 0.466 e. The summed E-state index contributed by atoms with van der Waals surface area (Å²) in [4.78, 5) is 29.3. The van der Waals surface area contributed by atoms with Crippen molar-refractivity contribution in [3.63, 3.8) is 0 Å². The van der Waals surface area contributed by atoms with Gasteiger partial charge in [-0.3, -0.25) is 0 Å². The zero-order valence-corrected chi connectivity index (χ0v) is 17.6. The summed E-state index contributed by atoms with van der Waals surface area (Å²) >= 11 is 0. The Balaban J connectivity index is 2.73. The Hall–Kier alpha value is -2.62. The van der Waals surface area contributed by atoms with Crippen molar-refractivity contribution in [3.8, 4) is 0 Å². The molecule has 0 aromatic carbocycles. The van der Waals surface area contributed by atoms with Gasteiger partial charge in [-0.15, -0.1) is 0 Å². The predicted octanol–water partition coefficient (Wildman–Crippen LogP) is 1.18. The first-order valence-corrected chi connectivity index (χ1v) is 10.6. The molecule has 1 atom stereocenters. The van der Waals surface area contributed by atoms with E-state index in [2.05, 4.69) is 10.3 Å². The number of hydrogen-bond donors (Lipinski definition) is 1. The van der Waals surface area contributed by atoms with Gasteiger partial charge in [-0.25, -0.2) is 23.0 Å². The molecular formula is C18H25N3O6S. The lowest BCUT2D eigenvalue weighted by Gasteiger charge is -2.30. The second-order valence-corrected chi connectivity index (χ2v) is 8.47. The number of carbonyl (C=O) groups is 2. The molecule has 0 saturated carbocycles. The van der Waals surface area contributed by atoms with Gasteiger partial charge in [0.2, 0.25) is 15.0 Å². The third-order valence-corrected chi connectivity index (χ3v) is 5.47. The lowest BCUT2D eigenvalue weighted by atomic mass is 9.83. The highest BCUT2D eigenvalue weighted by Crippen LogP contribution is 2.39. The number of esters is 2. The van der Waals surface area contributed by atoms with Crippen LogP contribution in [0.2, 0.25) is 0 Å². The van der Waals surface area contributed by atoms with Gasteiger partial charge in [-0.1, -0.05) is 6.92 Å². The van der Waals surface area contributed by atoms with E-state index in [4.69, 9.17) is 9.47 Å². The van der Waals surface area contributed by atoms with E-state index in [1.54, 1.807) is 13.8 Å². The normalized spacial score (nSPS) is 17.4. The molecule has 0 amide bonds. The van der Waals surface area contributed by atoms with Gasteiger partial charge in [0.1, 0.15) is 0 Å². The highest BCUT2D eigenvalue weighted by Gasteiger charge is 2.40. The van der Waals surface area contributed by atoms with E-state index in [0.717, 1.165) is 6.26 Å². The second-order valence-electron chi connectivity index (χ2n) is 6.56. The number of rotatable bonds is 6. The van der Waals surface area contributed by atoms with Crippen LogP contribution in [-0.4, -0.2) is 49.9 Å². The fraction of sp³-hybridized carbons (Fsp3) is 0.500. The molecule has 1 aromatic heterocycles. The lowest BCUT2D eigenvalue weighted by Crippen LogP contribution is -2.33. The van der Waals surface area contributed by atoms with Crippen molar-refractivity contribution in [2.45, 2.75) is 38.3 Å². The number of sulfone groups is 1. The average molecular weight is 411 g/mol. The van der Waals surface area contributed by atoms with Gasteiger partial charge >= 0.3 is 11.9 Å². The highest BCUT2D eigenvalue weighted by molar-refractivity contribution is 7.90. The Morgan fingerprint density at radius 1 is 1.21 bits per heavy atom.